The molecule has 1 N–H and O–H groups in total. The van der Waals surface area contributed by atoms with Gasteiger partial charge in [-0.3, -0.25) is 19.3 Å². The van der Waals surface area contributed by atoms with Crippen molar-refractivity contribution in [1.82, 2.24) is 4.90 Å². The Bertz CT molecular complexity index is 1810. The molecule has 3 aromatic carbocycles. The van der Waals surface area contributed by atoms with Crippen LogP contribution in [0, 0.1) is 5.92 Å². The molecule has 3 amide bonds. The summed E-state index contributed by atoms with van der Waals surface area (Å²) in [6.45, 7) is 9.35. The van der Waals surface area contributed by atoms with E-state index < -0.39 is 37.6 Å². The first-order valence-corrected chi connectivity index (χ1v) is 19.8. The number of halogens is 1. The summed E-state index contributed by atoms with van der Waals surface area (Å²) in [5, 5.41) is 10.3. The number of carbonyl (C=O) groups is 3. The van der Waals surface area contributed by atoms with Gasteiger partial charge in [0, 0.05) is 42.2 Å². The number of aliphatic hydroxyl groups excluding tert-OH is 1. The van der Waals surface area contributed by atoms with Crippen molar-refractivity contribution in [1.29, 1.82) is 0 Å². The van der Waals surface area contributed by atoms with E-state index in [1.54, 1.807) is 33.9 Å². The number of aliphatic hydroxyl groups is 1. The van der Waals surface area contributed by atoms with E-state index in [2.05, 4.69) is 6.58 Å². The van der Waals surface area contributed by atoms with E-state index in [4.69, 9.17) is 4.74 Å². The lowest BCUT2D eigenvalue weighted by Gasteiger charge is -2.37. The van der Waals surface area contributed by atoms with Gasteiger partial charge >= 0.3 is 0 Å². The fraction of sp³-hybridized carbons (Fsp3) is 0.395. The van der Waals surface area contributed by atoms with Crippen molar-refractivity contribution in [3.8, 4) is 0 Å². The van der Waals surface area contributed by atoms with Crippen LogP contribution in [0.15, 0.2) is 79.4 Å². The average molecular weight is 668 g/mol. The maximum atomic E-state index is 16.5. The second-order valence-electron chi connectivity index (χ2n) is 14.1. The van der Waals surface area contributed by atoms with Crippen molar-refractivity contribution in [3.05, 3.63) is 102 Å². The van der Waals surface area contributed by atoms with Gasteiger partial charge in [-0.1, -0.05) is 55.5 Å². The van der Waals surface area contributed by atoms with Gasteiger partial charge in [0.05, 0.1) is 36.5 Å². The number of aryl methyl sites for hydroxylation is 1. The molecule has 250 valence electrons. The quantitative estimate of drug-likeness (QED) is 0.191. The molecule has 0 saturated carbocycles. The molecule has 0 radical (unpaired) electrons. The van der Waals surface area contributed by atoms with Gasteiger partial charge in [-0.15, -0.1) is 6.58 Å². The van der Waals surface area contributed by atoms with Crippen LogP contribution in [0.25, 0.3) is 0 Å². The van der Waals surface area contributed by atoms with Crippen LogP contribution in [0.2, 0.25) is 18.6 Å². The monoisotopic (exact) mass is 667 g/mol. The number of nitrogens with zero attached hydrogens (tertiary/aromatic N) is 3. The third-order valence-electron chi connectivity index (χ3n) is 10.9. The molecule has 10 heteroatoms. The van der Waals surface area contributed by atoms with Crippen LogP contribution in [0.5, 0.6) is 0 Å². The highest BCUT2D eigenvalue weighted by Gasteiger charge is 2.67. The van der Waals surface area contributed by atoms with Crippen molar-refractivity contribution >= 4 is 43.2 Å². The molecule has 1 spiro atoms. The molecule has 8 nitrogen and oxygen atoms in total. The minimum Gasteiger partial charge on any atom is -0.394 e. The van der Waals surface area contributed by atoms with Gasteiger partial charge in [0.2, 0.25) is 20.2 Å². The zero-order valence-corrected chi connectivity index (χ0v) is 28.7. The Hall–Kier alpha value is -4.12. The van der Waals surface area contributed by atoms with E-state index in [1.165, 1.54) is 0 Å². The largest absolute Gasteiger partial charge is 0.394 e. The molecule has 1 fully saturated rings. The van der Waals surface area contributed by atoms with E-state index in [1.807, 2.05) is 73.7 Å². The number of amides is 3. The molecule has 0 unspecified atom stereocenters. The van der Waals surface area contributed by atoms with E-state index in [-0.39, 0.29) is 37.3 Å². The summed E-state index contributed by atoms with van der Waals surface area (Å²) in [6.07, 6.45) is 2.21. The van der Waals surface area contributed by atoms with Gasteiger partial charge < -0.3 is 23.8 Å². The van der Waals surface area contributed by atoms with Crippen LogP contribution in [0.3, 0.4) is 0 Å². The minimum absolute atomic E-state index is 0.0458. The van der Waals surface area contributed by atoms with Crippen LogP contribution in [-0.4, -0.2) is 61.4 Å². The highest BCUT2D eigenvalue weighted by molar-refractivity contribution is 6.72. The van der Waals surface area contributed by atoms with Crippen molar-refractivity contribution in [2.24, 2.45) is 5.92 Å². The van der Waals surface area contributed by atoms with E-state index >= 15 is 4.11 Å². The lowest BCUT2D eigenvalue weighted by Crippen LogP contribution is -2.48. The molecule has 0 bridgehead atoms. The van der Waals surface area contributed by atoms with Gasteiger partial charge in [0.25, 0.3) is 5.91 Å². The van der Waals surface area contributed by atoms with Crippen LogP contribution in [-0.2, 0) is 44.1 Å². The fourth-order valence-electron chi connectivity index (χ4n) is 8.73. The maximum Gasteiger partial charge on any atom is 0.264 e. The van der Waals surface area contributed by atoms with E-state index in [9.17, 15) is 19.5 Å². The zero-order chi connectivity index (χ0) is 34.0. The molecule has 5 atom stereocenters. The summed E-state index contributed by atoms with van der Waals surface area (Å²) in [5.74, 6) is -1.20. The van der Waals surface area contributed by atoms with Crippen LogP contribution in [0.1, 0.15) is 42.0 Å². The Morgan fingerprint density at radius 3 is 2.46 bits per heavy atom. The maximum absolute atomic E-state index is 16.5. The first-order valence-electron chi connectivity index (χ1n) is 16.8. The summed E-state index contributed by atoms with van der Waals surface area (Å²) in [4.78, 5) is 47.1. The van der Waals surface area contributed by atoms with Crippen LogP contribution >= 0.6 is 0 Å². The summed E-state index contributed by atoms with van der Waals surface area (Å²) < 4.78 is 23.4. The Kier molecular flexibility index (Phi) is 8.16. The van der Waals surface area contributed by atoms with Crippen molar-refractivity contribution in [3.63, 3.8) is 0 Å². The smallest absolute Gasteiger partial charge is 0.264 e. The Labute approximate surface area is 282 Å². The highest BCUT2D eigenvalue weighted by atomic mass is 28.4. The van der Waals surface area contributed by atoms with Gasteiger partial charge in [0.15, 0.2) is 5.60 Å². The van der Waals surface area contributed by atoms with E-state index in [0.717, 1.165) is 22.4 Å². The third kappa shape index (κ3) is 5.04. The summed E-state index contributed by atoms with van der Waals surface area (Å²) >= 11 is 0. The molecule has 48 heavy (non-hydrogen) atoms. The molecule has 1 saturated heterocycles. The predicted molar refractivity (Wildman–Crippen MR) is 185 cm³/mol. The Balaban J connectivity index is 1.29. The van der Waals surface area contributed by atoms with Gasteiger partial charge in [0.1, 0.15) is 0 Å². The summed E-state index contributed by atoms with van der Waals surface area (Å²) in [6, 6.07) is 20.8. The van der Waals surface area contributed by atoms with E-state index in [0.29, 0.717) is 42.7 Å². The number of ether oxygens (including phenoxy) is 1. The predicted octanol–water partition coefficient (Wildman–Crippen LogP) is 5.94. The first kappa shape index (κ1) is 32.4. The normalized spacial score (nSPS) is 26.5. The standard InChI is InChI=1S/C38H42FN3O5Si/c1-5-18-40-32-16-15-28(42-31-13-9-8-10-25(31)14-17-34(42)44)20-30(32)38(37(40)46)24(2)36(48(3,4)39)33(47-38)21-35(45)41-22-27-12-7-6-11-26(27)19-29(41)23-43/h5-13,15-16,20,24,29,33,36,43H,1,14,17-19,21-23H2,2-4H3/t24-,29+,33+,36-,38+/m1/s1. The van der Waals surface area contributed by atoms with Crippen molar-refractivity contribution in [2.45, 2.75) is 75.5 Å². The number of para-hydroxylation sites is 1. The fourth-order valence-corrected chi connectivity index (χ4v) is 11.2. The van der Waals surface area contributed by atoms with Gasteiger partial charge in [-0.2, -0.15) is 0 Å². The minimum atomic E-state index is -3.54. The average Bonchev–Trinajstić information content (AvgIpc) is 3.49. The topological polar surface area (TPSA) is 90.4 Å². The number of benzene rings is 3. The zero-order valence-electron chi connectivity index (χ0n) is 27.7. The summed E-state index contributed by atoms with van der Waals surface area (Å²) in [5.41, 5.74) is 3.57. The van der Waals surface area contributed by atoms with Crippen LogP contribution < -0.4 is 9.80 Å². The molecule has 7 rings (SSSR count). The number of anilines is 3. The number of fused-ring (bicyclic) bond motifs is 4. The molecule has 3 aromatic rings. The number of hydrogen-bond acceptors (Lipinski definition) is 5. The second-order valence-corrected chi connectivity index (χ2v) is 17.9. The SMILES string of the molecule is C=CCN1C(=O)[C@@]2(O[C@@H](CC(=O)N3Cc4ccccc4C[C@H]3CO)[C@H]([Si](C)(C)F)[C@H]2C)c2cc(N3C(=O)CCc4ccccc43)ccc21. The van der Waals surface area contributed by atoms with Gasteiger partial charge in [-0.25, -0.2) is 0 Å². The van der Waals surface area contributed by atoms with Crippen molar-refractivity contribution < 1.29 is 28.3 Å². The van der Waals surface area contributed by atoms with Gasteiger partial charge in [-0.05, 0) is 66.9 Å². The lowest BCUT2D eigenvalue weighted by atomic mass is 9.82. The second kappa shape index (κ2) is 12.1. The number of rotatable bonds is 7. The number of hydrogen-bond donors (Lipinski definition) is 1. The molecule has 4 heterocycles. The lowest BCUT2D eigenvalue weighted by molar-refractivity contribution is -0.150. The number of carbonyl (C=O) groups excluding carboxylic acids is 3. The molecular weight excluding hydrogens is 626 g/mol. The molecule has 0 aliphatic carbocycles. The summed E-state index contributed by atoms with van der Waals surface area (Å²) in [7, 11) is -3.54. The molecule has 4 aliphatic heterocycles. The van der Waals surface area contributed by atoms with Crippen LogP contribution in [0.4, 0.5) is 21.2 Å². The third-order valence-corrected chi connectivity index (χ3v) is 13.3. The first-order chi connectivity index (χ1) is 23.0. The molecular formula is C38H42FN3O5Si. The Morgan fingerprint density at radius 1 is 1.04 bits per heavy atom. The van der Waals surface area contributed by atoms with Crippen molar-refractivity contribution in [2.75, 3.05) is 23.0 Å². The highest BCUT2D eigenvalue weighted by Crippen LogP contribution is 2.61. The Morgan fingerprint density at radius 2 is 1.75 bits per heavy atom. The molecule has 0 aromatic heterocycles. The molecule has 4 aliphatic rings.